The van der Waals surface area contributed by atoms with Crippen molar-refractivity contribution in [2.45, 2.75) is 40.5 Å². The highest BCUT2D eigenvalue weighted by Crippen LogP contribution is 2.12. The van der Waals surface area contributed by atoms with Crippen LogP contribution in [0.15, 0.2) is 0 Å². The molecule has 0 N–H and O–H groups in total. The van der Waals surface area contributed by atoms with Gasteiger partial charge in [0.1, 0.15) is 0 Å². The molecule has 0 nitrogen and oxygen atoms in total. The summed E-state index contributed by atoms with van der Waals surface area (Å²) in [5.74, 6) is 4.46. The lowest BCUT2D eigenvalue weighted by Crippen LogP contribution is -1.93. The molecule has 2 heteroatoms. The van der Waals surface area contributed by atoms with Gasteiger partial charge in [0.25, 0.3) is 0 Å². The summed E-state index contributed by atoms with van der Waals surface area (Å²) in [5, 5.41) is 0. The molecule has 0 aliphatic rings. The van der Waals surface area contributed by atoms with E-state index in [0.717, 1.165) is 11.8 Å². The van der Waals surface area contributed by atoms with Gasteiger partial charge in [-0.1, -0.05) is 27.7 Å². The Kier molecular flexibility index (Phi) is 11.8. The number of hydrogen-bond donors (Lipinski definition) is 0. The summed E-state index contributed by atoms with van der Waals surface area (Å²) in [6.45, 7) is 9.18. The summed E-state index contributed by atoms with van der Waals surface area (Å²) in [7, 11) is 0. The molecule has 71 valence electrons. The highest BCUT2D eigenvalue weighted by molar-refractivity contribution is 7.99. The molecular formula is C10H22BS. The van der Waals surface area contributed by atoms with E-state index in [9.17, 15) is 0 Å². The van der Waals surface area contributed by atoms with Gasteiger partial charge in [0, 0.05) is 8.41 Å². The van der Waals surface area contributed by atoms with Gasteiger partial charge < -0.3 is 0 Å². The molecule has 0 saturated heterocycles. The van der Waals surface area contributed by atoms with Crippen molar-refractivity contribution in [3.8, 4) is 0 Å². The molecule has 0 unspecified atom stereocenters. The molecule has 0 rings (SSSR count). The Morgan fingerprint density at radius 3 is 1.42 bits per heavy atom. The van der Waals surface area contributed by atoms with Gasteiger partial charge >= 0.3 is 0 Å². The molecule has 0 aromatic heterocycles. The quantitative estimate of drug-likeness (QED) is 0.451. The van der Waals surface area contributed by atoms with Crippen LogP contribution in [0, 0.1) is 11.8 Å². The van der Waals surface area contributed by atoms with E-state index in [2.05, 4.69) is 39.5 Å². The second-order valence-electron chi connectivity index (χ2n) is 3.98. The summed E-state index contributed by atoms with van der Waals surface area (Å²) < 4.78 is 0. The molecule has 12 heavy (non-hydrogen) atoms. The summed E-state index contributed by atoms with van der Waals surface area (Å²) in [6, 6.07) is 0. The zero-order chi connectivity index (χ0) is 8.69. The molecule has 0 fully saturated rings. The Bertz CT molecular complexity index is 71.9. The van der Waals surface area contributed by atoms with Gasteiger partial charge in [-0.25, -0.2) is 0 Å². The van der Waals surface area contributed by atoms with Crippen LogP contribution in [0.25, 0.3) is 0 Å². The van der Waals surface area contributed by atoms with Crippen LogP contribution in [0.3, 0.4) is 0 Å². The van der Waals surface area contributed by atoms with Crippen molar-refractivity contribution in [1.82, 2.24) is 0 Å². The van der Waals surface area contributed by atoms with Crippen LogP contribution in [0.4, 0.5) is 0 Å². The van der Waals surface area contributed by atoms with Crippen LogP contribution in [0.1, 0.15) is 40.5 Å². The average molecular weight is 185 g/mol. The van der Waals surface area contributed by atoms with E-state index in [1.165, 1.54) is 24.3 Å². The molecule has 0 aliphatic carbocycles. The van der Waals surface area contributed by atoms with Gasteiger partial charge in [0.2, 0.25) is 0 Å². The van der Waals surface area contributed by atoms with Crippen LogP contribution in [0.5, 0.6) is 0 Å². The molecule has 0 aliphatic heterocycles. The lowest BCUT2D eigenvalue weighted by Gasteiger charge is -2.05. The van der Waals surface area contributed by atoms with Crippen molar-refractivity contribution in [2.75, 3.05) is 11.5 Å². The van der Waals surface area contributed by atoms with Gasteiger partial charge in [0.15, 0.2) is 0 Å². The Balaban J connectivity index is 0. The summed E-state index contributed by atoms with van der Waals surface area (Å²) in [6.07, 6.45) is 2.76. The second-order valence-corrected chi connectivity index (χ2v) is 5.20. The van der Waals surface area contributed by atoms with Gasteiger partial charge in [-0.05, 0) is 36.2 Å². The van der Waals surface area contributed by atoms with Gasteiger partial charge in [-0.3, -0.25) is 0 Å². The lowest BCUT2D eigenvalue weighted by atomic mass is 10.2. The van der Waals surface area contributed by atoms with E-state index < -0.39 is 0 Å². The standard InChI is InChI=1S/C10H22S.B/c1-9(2)5-7-11-8-6-10(3)4;/h9-10H,5-8H2,1-4H3;. The first-order valence-electron chi connectivity index (χ1n) is 4.70. The summed E-state index contributed by atoms with van der Waals surface area (Å²) in [4.78, 5) is 0. The Hall–Kier alpha value is 0.415. The SMILES string of the molecule is CC(C)CCSCCC(C)C.[B]. The van der Waals surface area contributed by atoms with Crippen LogP contribution >= 0.6 is 11.8 Å². The van der Waals surface area contributed by atoms with Crippen molar-refractivity contribution in [3.05, 3.63) is 0 Å². The number of rotatable bonds is 6. The van der Waals surface area contributed by atoms with Crippen LogP contribution in [-0.2, 0) is 0 Å². The minimum atomic E-state index is 0. The molecule has 0 spiro atoms. The third-order valence-electron chi connectivity index (χ3n) is 1.68. The van der Waals surface area contributed by atoms with Gasteiger partial charge in [-0.15, -0.1) is 0 Å². The third-order valence-corrected chi connectivity index (χ3v) is 2.73. The maximum atomic E-state index is 2.29. The smallest absolute Gasteiger partial charge is 0 e. The Labute approximate surface area is 84.5 Å². The van der Waals surface area contributed by atoms with Crippen molar-refractivity contribution in [2.24, 2.45) is 11.8 Å². The molecule has 0 aromatic rings. The zero-order valence-corrected chi connectivity index (χ0v) is 9.79. The van der Waals surface area contributed by atoms with E-state index in [-0.39, 0.29) is 8.41 Å². The molecule has 0 atom stereocenters. The maximum absolute atomic E-state index is 2.29. The first-order chi connectivity index (χ1) is 5.13. The van der Waals surface area contributed by atoms with E-state index in [4.69, 9.17) is 0 Å². The van der Waals surface area contributed by atoms with Crippen molar-refractivity contribution >= 4 is 20.2 Å². The van der Waals surface area contributed by atoms with Crippen molar-refractivity contribution in [3.63, 3.8) is 0 Å². The van der Waals surface area contributed by atoms with Crippen molar-refractivity contribution in [1.29, 1.82) is 0 Å². The predicted octanol–water partition coefficient (Wildman–Crippen LogP) is 3.43. The Morgan fingerprint density at radius 1 is 0.833 bits per heavy atom. The average Bonchev–Trinajstić information content (AvgIpc) is 1.85. The molecule has 0 saturated carbocycles. The maximum Gasteiger partial charge on any atom is 0 e. The highest BCUT2D eigenvalue weighted by Gasteiger charge is 1.96. The zero-order valence-electron chi connectivity index (χ0n) is 8.97. The first-order valence-corrected chi connectivity index (χ1v) is 5.86. The normalized spacial score (nSPS) is 10.5. The van der Waals surface area contributed by atoms with Crippen molar-refractivity contribution < 1.29 is 0 Å². The number of hydrogen-bond acceptors (Lipinski definition) is 1. The van der Waals surface area contributed by atoms with E-state index in [1.54, 1.807) is 0 Å². The second kappa shape index (κ2) is 9.50. The fourth-order valence-corrected chi connectivity index (χ4v) is 2.22. The first kappa shape index (κ1) is 14.9. The fraction of sp³-hybridized carbons (Fsp3) is 1.00. The fourth-order valence-electron chi connectivity index (χ4n) is 0.740. The van der Waals surface area contributed by atoms with E-state index >= 15 is 0 Å². The minimum Gasteiger partial charge on any atom is -0.162 e. The minimum absolute atomic E-state index is 0. The lowest BCUT2D eigenvalue weighted by molar-refractivity contribution is 0.623. The predicted molar refractivity (Wildman–Crippen MR) is 62.0 cm³/mol. The molecule has 0 heterocycles. The van der Waals surface area contributed by atoms with Gasteiger partial charge in [0.05, 0.1) is 0 Å². The molecule has 0 aromatic carbocycles. The van der Waals surface area contributed by atoms with Crippen LogP contribution in [-0.4, -0.2) is 19.9 Å². The van der Waals surface area contributed by atoms with Crippen LogP contribution in [0.2, 0.25) is 0 Å². The third kappa shape index (κ3) is 13.0. The van der Waals surface area contributed by atoms with E-state index in [0.29, 0.717) is 0 Å². The number of thioether (sulfide) groups is 1. The molecular weight excluding hydrogens is 163 g/mol. The Morgan fingerprint density at radius 2 is 1.17 bits per heavy atom. The molecule has 0 bridgehead atoms. The highest BCUT2D eigenvalue weighted by atomic mass is 32.2. The summed E-state index contributed by atoms with van der Waals surface area (Å²) in [5.41, 5.74) is 0. The monoisotopic (exact) mass is 185 g/mol. The van der Waals surface area contributed by atoms with Crippen LogP contribution < -0.4 is 0 Å². The van der Waals surface area contributed by atoms with E-state index in [1.807, 2.05) is 0 Å². The largest absolute Gasteiger partial charge is 0.162 e. The molecule has 0 amide bonds. The van der Waals surface area contributed by atoms with Gasteiger partial charge in [-0.2, -0.15) is 11.8 Å². The topological polar surface area (TPSA) is 0 Å². The molecule has 3 radical (unpaired) electrons. The summed E-state index contributed by atoms with van der Waals surface area (Å²) >= 11 is 2.11.